The van der Waals surface area contributed by atoms with Crippen molar-refractivity contribution in [2.75, 3.05) is 11.9 Å². The molecule has 0 aliphatic heterocycles. The highest BCUT2D eigenvalue weighted by Crippen LogP contribution is 2.21. The summed E-state index contributed by atoms with van der Waals surface area (Å²) in [6.45, 7) is 0.600. The molecule has 2 rings (SSSR count). The van der Waals surface area contributed by atoms with Crippen molar-refractivity contribution in [2.45, 2.75) is 19.1 Å². The number of nitrogens with zero attached hydrogens (tertiary/aromatic N) is 3. The molecule has 0 radical (unpaired) electrons. The third-order valence-corrected chi connectivity index (χ3v) is 2.81. The quantitative estimate of drug-likeness (QED) is 0.922. The third kappa shape index (κ3) is 4.37. The minimum atomic E-state index is -4.37. The molecule has 1 unspecified atom stereocenters. The van der Waals surface area contributed by atoms with Crippen LogP contribution >= 0.6 is 0 Å². The van der Waals surface area contributed by atoms with Crippen LogP contribution in [0.1, 0.15) is 18.7 Å². The Morgan fingerprint density at radius 1 is 1.33 bits per heavy atom. The average Bonchev–Trinajstić information content (AvgIpc) is 2.83. The minimum Gasteiger partial charge on any atom is -0.468 e. The maximum atomic E-state index is 12.0. The number of aromatic nitrogens is 3. The predicted octanol–water partition coefficient (Wildman–Crippen LogP) is 2.93. The minimum absolute atomic E-state index is 0.0127. The molecular formula is C13H15F3N4O. The summed E-state index contributed by atoms with van der Waals surface area (Å²) in [6, 6.07) is 4.88. The molecule has 2 heterocycles. The second-order valence-corrected chi connectivity index (χ2v) is 4.53. The largest absolute Gasteiger partial charge is 0.468 e. The Bertz CT molecular complexity index is 580. The summed E-state index contributed by atoms with van der Waals surface area (Å²) < 4.78 is 42.3. The fraction of sp³-hybridized carbons (Fsp3) is 0.385. The summed E-state index contributed by atoms with van der Waals surface area (Å²) in [5, 5.41) is 7.26. The highest BCUT2D eigenvalue weighted by atomic mass is 19.4. The first-order valence-electron chi connectivity index (χ1n) is 6.25. The van der Waals surface area contributed by atoms with E-state index >= 15 is 0 Å². The first kappa shape index (κ1) is 15.1. The Kier molecular flexibility index (Phi) is 4.35. The lowest BCUT2D eigenvalue weighted by atomic mass is 10.2. The van der Waals surface area contributed by atoms with E-state index in [1.54, 1.807) is 16.9 Å². The fourth-order valence-corrected chi connectivity index (χ4v) is 1.84. The molecule has 0 saturated carbocycles. The van der Waals surface area contributed by atoms with Crippen LogP contribution < -0.4 is 10.1 Å². The molecule has 0 saturated heterocycles. The molecule has 21 heavy (non-hydrogen) atoms. The zero-order valence-electron chi connectivity index (χ0n) is 11.6. The van der Waals surface area contributed by atoms with Crippen molar-refractivity contribution in [1.82, 2.24) is 14.8 Å². The van der Waals surface area contributed by atoms with E-state index in [2.05, 4.69) is 20.1 Å². The lowest BCUT2D eigenvalue weighted by Gasteiger charge is -2.15. The molecule has 0 fully saturated rings. The zero-order chi connectivity index (χ0) is 15.5. The van der Waals surface area contributed by atoms with Crippen molar-refractivity contribution < 1.29 is 17.9 Å². The topological polar surface area (TPSA) is 52.0 Å². The smallest absolute Gasteiger partial charge is 0.422 e. The van der Waals surface area contributed by atoms with Crippen LogP contribution in [0.2, 0.25) is 0 Å². The first-order valence-corrected chi connectivity index (χ1v) is 6.25. The number of nitrogens with one attached hydrogen (secondary N) is 1. The van der Waals surface area contributed by atoms with E-state index in [4.69, 9.17) is 0 Å². The summed E-state index contributed by atoms with van der Waals surface area (Å²) >= 11 is 0. The van der Waals surface area contributed by atoms with E-state index < -0.39 is 12.8 Å². The number of alkyl halides is 3. The molecule has 0 aromatic carbocycles. The molecule has 0 bridgehead atoms. The Labute approximate surface area is 119 Å². The van der Waals surface area contributed by atoms with Crippen LogP contribution in [0.3, 0.4) is 0 Å². The molecule has 1 N–H and O–H groups in total. The standard InChI is InChI=1S/C13H15F3N4O/c1-9(11-5-6-18-20(11)2)19-10-3-4-12(17-7-10)21-8-13(14,15)16/h3-7,9,19H,8H2,1-2H3. The van der Waals surface area contributed by atoms with Crippen LogP contribution in [0.5, 0.6) is 5.88 Å². The van der Waals surface area contributed by atoms with Crippen LogP contribution in [0, 0.1) is 0 Å². The third-order valence-electron chi connectivity index (χ3n) is 2.81. The van der Waals surface area contributed by atoms with Crippen molar-refractivity contribution in [3.8, 4) is 5.88 Å². The van der Waals surface area contributed by atoms with Gasteiger partial charge in [-0.2, -0.15) is 18.3 Å². The number of anilines is 1. The van der Waals surface area contributed by atoms with Gasteiger partial charge in [0.25, 0.3) is 0 Å². The van der Waals surface area contributed by atoms with Gasteiger partial charge in [0.15, 0.2) is 6.61 Å². The van der Waals surface area contributed by atoms with Gasteiger partial charge in [-0.05, 0) is 19.1 Å². The molecule has 0 aliphatic carbocycles. The van der Waals surface area contributed by atoms with Crippen molar-refractivity contribution >= 4 is 5.69 Å². The fourth-order valence-electron chi connectivity index (χ4n) is 1.84. The molecule has 5 nitrogen and oxygen atoms in total. The number of hydrogen-bond donors (Lipinski definition) is 1. The van der Waals surface area contributed by atoms with Crippen LogP contribution in [-0.2, 0) is 7.05 Å². The van der Waals surface area contributed by atoms with Gasteiger partial charge in [-0.25, -0.2) is 4.98 Å². The van der Waals surface area contributed by atoms with Crippen molar-refractivity contribution in [3.05, 3.63) is 36.3 Å². The molecule has 114 valence electrons. The number of aryl methyl sites for hydroxylation is 1. The monoisotopic (exact) mass is 300 g/mol. The maximum Gasteiger partial charge on any atom is 0.422 e. The molecule has 0 spiro atoms. The van der Waals surface area contributed by atoms with Crippen LogP contribution in [0.25, 0.3) is 0 Å². The highest BCUT2D eigenvalue weighted by molar-refractivity contribution is 5.43. The van der Waals surface area contributed by atoms with Crippen molar-refractivity contribution in [2.24, 2.45) is 7.05 Å². The highest BCUT2D eigenvalue weighted by Gasteiger charge is 2.28. The van der Waals surface area contributed by atoms with E-state index in [1.165, 1.54) is 12.3 Å². The van der Waals surface area contributed by atoms with E-state index in [0.717, 1.165) is 5.69 Å². The van der Waals surface area contributed by atoms with Crippen LogP contribution in [0.4, 0.5) is 18.9 Å². The van der Waals surface area contributed by atoms with Gasteiger partial charge in [0.1, 0.15) is 0 Å². The second kappa shape index (κ2) is 6.02. The lowest BCUT2D eigenvalue weighted by Crippen LogP contribution is -2.19. The zero-order valence-corrected chi connectivity index (χ0v) is 11.6. The van der Waals surface area contributed by atoms with Crippen LogP contribution in [-0.4, -0.2) is 27.5 Å². The number of pyridine rings is 1. The van der Waals surface area contributed by atoms with Gasteiger partial charge in [0.2, 0.25) is 5.88 Å². The summed E-state index contributed by atoms with van der Waals surface area (Å²) in [7, 11) is 1.83. The maximum absolute atomic E-state index is 12.0. The SMILES string of the molecule is CC(Nc1ccc(OCC(F)(F)F)nc1)c1ccnn1C. The Morgan fingerprint density at radius 3 is 2.62 bits per heavy atom. The number of rotatable bonds is 5. The summed E-state index contributed by atoms with van der Waals surface area (Å²) in [6.07, 6.45) is -1.24. The van der Waals surface area contributed by atoms with Gasteiger partial charge in [-0.1, -0.05) is 0 Å². The van der Waals surface area contributed by atoms with E-state index in [1.807, 2.05) is 20.0 Å². The Morgan fingerprint density at radius 2 is 2.10 bits per heavy atom. The van der Waals surface area contributed by atoms with Gasteiger partial charge in [0, 0.05) is 19.3 Å². The molecular weight excluding hydrogens is 285 g/mol. The van der Waals surface area contributed by atoms with Gasteiger partial charge in [-0.15, -0.1) is 0 Å². The summed E-state index contributed by atoms with van der Waals surface area (Å²) in [5.41, 5.74) is 1.66. The molecule has 8 heteroatoms. The van der Waals surface area contributed by atoms with E-state index in [9.17, 15) is 13.2 Å². The molecule has 0 aliphatic rings. The number of hydrogen-bond acceptors (Lipinski definition) is 4. The van der Waals surface area contributed by atoms with Gasteiger partial charge in [0.05, 0.1) is 23.6 Å². The average molecular weight is 300 g/mol. The van der Waals surface area contributed by atoms with Gasteiger partial charge < -0.3 is 10.1 Å². The predicted molar refractivity (Wildman–Crippen MR) is 71.0 cm³/mol. The summed E-state index contributed by atoms with van der Waals surface area (Å²) in [5.74, 6) is -0.0638. The molecule has 0 amide bonds. The van der Waals surface area contributed by atoms with Gasteiger partial charge >= 0.3 is 6.18 Å². The van der Waals surface area contributed by atoms with Gasteiger partial charge in [-0.3, -0.25) is 4.68 Å². The number of halogens is 3. The normalized spacial score (nSPS) is 13.0. The number of ether oxygens (including phenoxy) is 1. The van der Waals surface area contributed by atoms with E-state index in [0.29, 0.717) is 5.69 Å². The molecule has 2 aromatic rings. The lowest BCUT2D eigenvalue weighted by molar-refractivity contribution is -0.154. The molecule has 2 aromatic heterocycles. The Balaban J connectivity index is 1.95. The van der Waals surface area contributed by atoms with Crippen molar-refractivity contribution in [3.63, 3.8) is 0 Å². The second-order valence-electron chi connectivity index (χ2n) is 4.53. The summed E-state index contributed by atoms with van der Waals surface area (Å²) in [4.78, 5) is 3.83. The Hall–Kier alpha value is -2.25. The van der Waals surface area contributed by atoms with Crippen LogP contribution in [0.15, 0.2) is 30.6 Å². The van der Waals surface area contributed by atoms with Crippen molar-refractivity contribution in [1.29, 1.82) is 0 Å². The van der Waals surface area contributed by atoms with E-state index in [-0.39, 0.29) is 11.9 Å². The first-order chi connectivity index (χ1) is 9.85. The molecule has 1 atom stereocenters.